The molecule has 0 aliphatic rings. The molecule has 118 valence electrons. The van der Waals surface area contributed by atoms with Gasteiger partial charge in [-0.15, -0.1) is 0 Å². The van der Waals surface area contributed by atoms with Crippen LogP contribution >= 0.6 is 0 Å². The highest BCUT2D eigenvalue weighted by atomic mass is 28.3. The molecule has 0 bridgehead atoms. The summed E-state index contributed by atoms with van der Waals surface area (Å²) in [5.74, 6) is 0.314. The Balaban J connectivity index is 2.71. The number of hydrogen-bond acceptors (Lipinski definition) is 0. The molecule has 0 aliphatic heterocycles. The van der Waals surface area contributed by atoms with Crippen LogP contribution in [0.3, 0.4) is 0 Å². The lowest BCUT2D eigenvalue weighted by Gasteiger charge is -2.22. The van der Waals surface area contributed by atoms with E-state index in [9.17, 15) is 4.39 Å². The predicted molar refractivity (Wildman–Crippen MR) is 94.8 cm³/mol. The van der Waals surface area contributed by atoms with Crippen molar-refractivity contribution in [2.75, 3.05) is 0 Å². The second-order valence-corrected chi connectivity index (χ2v) is 12.5. The van der Waals surface area contributed by atoms with Crippen molar-refractivity contribution >= 4 is 13.3 Å². The molecule has 0 saturated heterocycles. The Labute approximate surface area is 134 Å². The molecule has 0 radical (unpaired) electrons. The summed E-state index contributed by atoms with van der Waals surface area (Å²) in [6, 6.07) is 7.34. The summed E-state index contributed by atoms with van der Waals surface area (Å²) in [6.07, 6.45) is 2.29. The summed E-state index contributed by atoms with van der Waals surface area (Å²) in [7, 11) is 0.690. The van der Waals surface area contributed by atoms with Crippen molar-refractivity contribution in [3.63, 3.8) is 0 Å². The SMILES string of the molecule is Cc1cc(F)ccc1-c1cc(C(C)C)c([Si](C)(C)C)c[n+]1C. The summed E-state index contributed by atoms with van der Waals surface area (Å²) < 4.78 is 15.6. The summed E-state index contributed by atoms with van der Waals surface area (Å²) in [5.41, 5.74) is 4.66. The summed E-state index contributed by atoms with van der Waals surface area (Å²) >= 11 is 0. The molecule has 0 amide bonds. The van der Waals surface area contributed by atoms with Gasteiger partial charge in [0.05, 0.1) is 8.07 Å². The van der Waals surface area contributed by atoms with Crippen LogP contribution in [0.2, 0.25) is 19.6 Å². The highest BCUT2D eigenvalue weighted by molar-refractivity contribution is 6.89. The standard InChI is InChI=1S/C19H27FNSi/c1-13(2)17-11-18(16-9-8-15(20)10-14(16)3)21(4)12-19(17)22(5,6)7/h8-13H,1-7H3/q+1. The van der Waals surface area contributed by atoms with E-state index in [-0.39, 0.29) is 5.82 Å². The Hall–Kier alpha value is -1.48. The van der Waals surface area contributed by atoms with Crippen LogP contribution in [0.1, 0.15) is 30.9 Å². The van der Waals surface area contributed by atoms with Crippen molar-refractivity contribution < 1.29 is 8.96 Å². The molecule has 1 nitrogen and oxygen atoms in total. The molecule has 0 saturated carbocycles. The quantitative estimate of drug-likeness (QED) is 0.587. The predicted octanol–water partition coefficient (Wildman–Crippen LogP) is 4.29. The van der Waals surface area contributed by atoms with Crippen LogP contribution in [0, 0.1) is 12.7 Å². The van der Waals surface area contributed by atoms with Gasteiger partial charge in [-0.25, -0.2) is 8.96 Å². The van der Waals surface area contributed by atoms with Gasteiger partial charge in [0.1, 0.15) is 12.9 Å². The first-order chi connectivity index (χ1) is 10.1. The molecular formula is C19H27FNSi+. The van der Waals surface area contributed by atoms with Crippen LogP contribution in [0.5, 0.6) is 0 Å². The van der Waals surface area contributed by atoms with E-state index < -0.39 is 8.07 Å². The van der Waals surface area contributed by atoms with E-state index in [1.807, 2.05) is 13.0 Å². The van der Waals surface area contributed by atoms with Crippen molar-refractivity contribution in [2.45, 2.75) is 46.3 Å². The van der Waals surface area contributed by atoms with Crippen molar-refractivity contribution in [3.8, 4) is 11.3 Å². The van der Waals surface area contributed by atoms with E-state index in [0.717, 1.165) is 16.8 Å². The third-order valence-electron chi connectivity index (χ3n) is 4.20. The molecule has 0 fully saturated rings. The molecule has 0 aliphatic carbocycles. The topological polar surface area (TPSA) is 3.88 Å². The van der Waals surface area contributed by atoms with E-state index in [1.165, 1.54) is 10.8 Å². The Kier molecular flexibility index (Phi) is 4.57. The zero-order valence-electron chi connectivity index (χ0n) is 14.8. The number of benzene rings is 1. The first-order valence-electron chi connectivity index (χ1n) is 7.92. The summed E-state index contributed by atoms with van der Waals surface area (Å²) in [6.45, 7) is 13.6. The van der Waals surface area contributed by atoms with Gasteiger partial charge in [-0.3, -0.25) is 0 Å². The van der Waals surface area contributed by atoms with Gasteiger partial charge in [-0.1, -0.05) is 33.5 Å². The Morgan fingerprint density at radius 2 is 1.73 bits per heavy atom. The number of hydrogen-bond donors (Lipinski definition) is 0. The van der Waals surface area contributed by atoms with Gasteiger partial charge in [-0.2, -0.15) is 0 Å². The maximum absolute atomic E-state index is 13.4. The van der Waals surface area contributed by atoms with E-state index >= 15 is 0 Å². The summed E-state index contributed by atoms with van der Waals surface area (Å²) in [4.78, 5) is 0. The number of aryl methyl sites for hydroxylation is 2. The molecule has 3 heteroatoms. The Morgan fingerprint density at radius 1 is 1.09 bits per heavy atom. The number of pyridine rings is 1. The molecule has 1 aromatic carbocycles. The van der Waals surface area contributed by atoms with Crippen molar-refractivity contribution in [3.05, 3.63) is 47.4 Å². The fourth-order valence-electron chi connectivity index (χ4n) is 2.95. The van der Waals surface area contributed by atoms with Gasteiger partial charge < -0.3 is 0 Å². The van der Waals surface area contributed by atoms with E-state index in [4.69, 9.17) is 0 Å². The molecule has 22 heavy (non-hydrogen) atoms. The minimum atomic E-state index is -1.40. The molecule has 2 aromatic rings. The molecule has 0 atom stereocenters. The largest absolute Gasteiger partial charge is 0.212 e. The number of halogens is 1. The molecule has 2 rings (SSSR count). The lowest BCUT2D eigenvalue weighted by molar-refractivity contribution is -0.659. The van der Waals surface area contributed by atoms with E-state index in [0.29, 0.717) is 5.92 Å². The van der Waals surface area contributed by atoms with Crippen LogP contribution in [-0.2, 0) is 7.05 Å². The molecule has 0 spiro atoms. The Morgan fingerprint density at radius 3 is 2.23 bits per heavy atom. The van der Waals surface area contributed by atoms with Crippen LogP contribution in [0.4, 0.5) is 4.39 Å². The van der Waals surface area contributed by atoms with Crippen LogP contribution in [-0.4, -0.2) is 8.07 Å². The van der Waals surface area contributed by atoms with Crippen LogP contribution in [0.25, 0.3) is 11.3 Å². The average molecular weight is 317 g/mol. The second-order valence-electron chi connectivity index (χ2n) is 7.50. The van der Waals surface area contributed by atoms with Crippen LogP contribution in [0.15, 0.2) is 30.5 Å². The molecule has 1 heterocycles. The van der Waals surface area contributed by atoms with Crippen molar-refractivity contribution in [1.29, 1.82) is 0 Å². The maximum Gasteiger partial charge on any atom is 0.212 e. The van der Waals surface area contributed by atoms with Gasteiger partial charge in [-0.05, 0) is 42.2 Å². The van der Waals surface area contributed by atoms with Gasteiger partial charge in [0, 0.05) is 16.8 Å². The van der Waals surface area contributed by atoms with E-state index in [1.54, 1.807) is 12.1 Å². The molecule has 0 unspecified atom stereocenters. The first kappa shape index (κ1) is 16.9. The lowest BCUT2D eigenvalue weighted by atomic mass is 9.99. The van der Waals surface area contributed by atoms with Gasteiger partial charge in [0.15, 0.2) is 6.20 Å². The van der Waals surface area contributed by atoms with Gasteiger partial charge in [0.2, 0.25) is 5.69 Å². The lowest BCUT2D eigenvalue weighted by Crippen LogP contribution is -2.47. The number of aromatic nitrogens is 1. The highest BCUT2D eigenvalue weighted by Gasteiger charge is 2.27. The third-order valence-corrected chi connectivity index (χ3v) is 6.23. The number of nitrogens with zero attached hydrogens (tertiary/aromatic N) is 1. The fourth-order valence-corrected chi connectivity index (χ4v) is 4.76. The zero-order valence-corrected chi connectivity index (χ0v) is 15.8. The highest BCUT2D eigenvalue weighted by Crippen LogP contribution is 2.24. The minimum absolute atomic E-state index is 0.174. The molecule has 0 N–H and O–H groups in total. The molecule has 1 aromatic heterocycles. The number of rotatable bonds is 3. The monoisotopic (exact) mass is 316 g/mol. The van der Waals surface area contributed by atoms with Crippen molar-refractivity contribution in [1.82, 2.24) is 0 Å². The maximum atomic E-state index is 13.4. The van der Waals surface area contributed by atoms with Crippen molar-refractivity contribution in [2.24, 2.45) is 7.05 Å². The Bertz CT molecular complexity index is 699. The van der Waals surface area contributed by atoms with Gasteiger partial charge >= 0.3 is 0 Å². The van der Waals surface area contributed by atoms with Crippen LogP contribution < -0.4 is 9.75 Å². The summed E-state index contributed by atoms with van der Waals surface area (Å²) in [5, 5.41) is 1.51. The average Bonchev–Trinajstić information content (AvgIpc) is 2.37. The second kappa shape index (κ2) is 5.96. The smallest absolute Gasteiger partial charge is 0.207 e. The van der Waals surface area contributed by atoms with Gasteiger partial charge in [0.25, 0.3) is 0 Å². The normalized spacial score (nSPS) is 12.0. The zero-order chi connectivity index (χ0) is 16.7. The third kappa shape index (κ3) is 3.30. The van der Waals surface area contributed by atoms with E-state index in [2.05, 4.69) is 57.4 Å². The fraction of sp³-hybridized carbons (Fsp3) is 0.421. The minimum Gasteiger partial charge on any atom is -0.207 e. The first-order valence-corrected chi connectivity index (χ1v) is 11.4. The molecular weight excluding hydrogens is 289 g/mol.